The Bertz CT molecular complexity index is 661. The van der Waals surface area contributed by atoms with Crippen LogP contribution < -0.4 is 10.6 Å². The fourth-order valence-electron chi connectivity index (χ4n) is 3.64. The van der Waals surface area contributed by atoms with Gasteiger partial charge in [0.05, 0.1) is 5.41 Å². The summed E-state index contributed by atoms with van der Waals surface area (Å²) in [5.74, 6) is 2.09. The summed E-state index contributed by atoms with van der Waals surface area (Å²) < 4.78 is 2.19. The van der Waals surface area contributed by atoms with Crippen molar-refractivity contribution >= 4 is 30.8 Å². The Hall–Kier alpha value is -1.30. The van der Waals surface area contributed by atoms with Crippen molar-refractivity contribution in [3.8, 4) is 0 Å². The van der Waals surface area contributed by atoms with Gasteiger partial charge in [0.1, 0.15) is 5.82 Å². The minimum absolute atomic E-state index is 0. The van der Waals surface area contributed by atoms with Crippen LogP contribution in [0.5, 0.6) is 0 Å². The molecule has 5 nitrogen and oxygen atoms in total. The van der Waals surface area contributed by atoms with E-state index < -0.39 is 0 Å². The van der Waals surface area contributed by atoms with Crippen molar-refractivity contribution < 1.29 is 0 Å². The molecule has 1 saturated heterocycles. The summed E-state index contributed by atoms with van der Waals surface area (Å²) in [6, 6.07) is 11.0. The average Bonchev–Trinajstić information content (AvgIpc) is 3.27. The van der Waals surface area contributed by atoms with E-state index in [1.165, 1.54) is 5.56 Å². The van der Waals surface area contributed by atoms with Gasteiger partial charge in [-0.05, 0) is 31.2 Å². The molecule has 1 aromatic heterocycles. The Labute approximate surface area is 155 Å². The zero-order valence-electron chi connectivity index (χ0n) is 13.9. The molecule has 0 unspecified atom stereocenters. The molecule has 1 aromatic carbocycles. The largest absolute Gasteiger partial charge is 0.341 e. The van der Waals surface area contributed by atoms with Crippen molar-refractivity contribution in [2.24, 2.45) is 12.8 Å². The van der Waals surface area contributed by atoms with Crippen LogP contribution in [0.15, 0.2) is 30.3 Å². The molecule has 1 aliphatic heterocycles. The summed E-state index contributed by atoms with van der Waals surface area (Å²) in [6.07, 6.45) is 4.39. The van der Waals surface area contributed by atoms with Gasteiger partial charge in [-0.15, -0.1) is 35.0 Å². The number of hydrogen-bond acceptors (Lipinski definition) is 4. The van der Waals surface area contributed by atoms with E-state index in [1.54, 1.807) is 0 Å². The highest BCUT2D eigenvalue weighted by Gasteiger charge is 2.50. The molecule has 1 aliphatic carbocycles. The number of piperidine rings is 1. The summed E-state index contributed by atoms with van der Waals surface area (Å²) in [5.41, 5.74) is 7.44. The number of halogens is 2. The van der Waals surface area contributed by atoms with Crippen LogP contribution in [0.3, 0.4) is 0 Å². The quantitative estimate of drug-likeness (QED) is 0.903. The maximum absolute atomic E-state index is 6.00. The first-order valence-corrected chi connectivity index (χ1v) is 8.17. The van der Waals surface area contributed by atoms with Crippen LogP contribution in [-0.2, 0) is 12.5 Å². The Kier molecular flexibility index (Phi) is 5.78. The molecule has 2 N–H and O–H groups in total. The van der Waals surface area contributed by atoms with Gasteiger partial charge >= 0.3 is 0 Å². The number of nitrogens with two attached hydrogens (primary N) is 1. The van der Waals surface area contributed by atoms with Crippen molar-refractivity contribution in [2.75, 3.05) is 18.0 Å². The van der Waals surface area contributed by atoms with Gasteiger partial charge in [0.2, 0.25) is 5.95 Å². The first-order valence-electron chi connectivity index (χ1n) is 8.17. The van der Waals surface area contributed by atoms with E-state index in [-0.39, 0.29) is 30.2 Å². The zero-order chi connectivity index (χ0) is 15.2. The molecule has 2 aliphatic rings. The van der Waals surface area contributed by atoms with Crippen LogP contribution in [-0.4, -0.2) is 33.9 Å². The van der Waals surface area contributed by atoms with E-state index in [1.807, 2.05) is 0 Å². The molecule has 0 radical (unpaired) electrons. The molecule has 2 heterocycles. The summed E-state index contributed by atoms with van der Waals surface area (Å²) >= 11 is 0. The van der Waals surface area contributed by atoms with E-state index in [0.29, 0.717) is 6.04 Å². The lowest BCUT2D eigenvalue weighted by Crippen LogP contribution is -2.40. The van der Waals surface area contributed by atoms with Gasteiger partial charge in [-0.1, -0.05) is 30.3 Å². The topological polar surface area (TPSA) is 60.0 Å². The summed E-state index contributed by atoms with van der Waals surface area (Å²) in [4.78, 5) is 2.32. The summed E-state index contributed by atoms with van der Waals surface area (Å²) in [5, 5.41) is 9.05. The molecule has 2 aromatic rings. The molecule has 24 heavy (non-hydrogen) atoms. The van der Waals surface area contributed by atoms with Crippen molar-refractivity contribution in [1.29, 1.82) is 0 Å². The Balaban J connectivity index is 0.00000104. The molecule has 0 bridgehead atoms. The normalized spacial score (nSPS) is 19.3. The number of aromatic nitrogens is 3. The van der Waals surface area contributed by atoms with Gasteiger partial charge in [0, 0.05) is 26.2 Å². The molecule has 0 spiro atoms. The van der Waals surface area contributed by atoms with Crippen LogP contribution >= 0.6 is 24.8 Å². The van der Waals surface area contributed by atoms with Crippen LogP contribution in [0.4, 0.5) is 5.95 Å². The Morgan fingerprint density at radius 1 is 1.04 bits per heavy atom. The van der Waals surface area contributed by atoms with Gasteiger partial charge in [-0.2, -0.15) is 0 Å². The summed E-state index contributed by atoms with van der Waals surface area (Å²) in [7, 11) is 2.10. The van der Waals surface area contributed by atoms with E-state index in [4.69, 9.17) is 5.73 Å². The molecular formula is C17H25Cl2N5. The molecular weight excluding hydrogens is 345 g/mol. The minimum Gasteiger partial charge on any atom is -0.341 e. The number of anilines is 1. The van der Waals surface area contributed by atoms with E-state index in [9.17, 15) is 0 Å². The number of nitrogens with zero attached hydrogens (tertiary/aromatic N) is 4. The molecule has 4 rings (SSSR count). The lowest BCUT2D eigenvalue weighted by Gasteiger charge is -2.30. The Morgan fingerprint density at radius 3 is 2.25 bits per heavy atom. The fourth-order valence-corrected chi connectivity index (χ4v) is 3.64. The Morgan fingerprint density at radius 2 is 1.67 bits per heavy atom. The lowest BCUT2D eigenvalue weighted by molar-refractivity contribution is 0.491. The fraction of sp³-hybridized carbons (Fsp3) is 0.529. The van der Waals surface area contributed by atoms with Gasteiger partial charge in [-0.3, -0.25) is 4.57 Å². The van der Waals surface area contributed by atoms with E-state index in [0.717, 1.165) is 50.5 Å². The van der Waals surface area contributed by atoms with Crippen molar-refractivity contribution in [2.45, 2.75) is 37.1 Å². The average molecular weight is 370 g/mol. The van der Waals surface area contributed by atoms with Crippen molar-refractivity contribution in [3.05, 3.63) is 41.7 Å². The highest BCUT2D eigenvalue weighted by Crippen LogP contribution is 2.52. The number of benzene rings is 1. The standard InChI is InChI=1S/C17H23N5.2ClH/c1-21-15(17(9-10-17)13-5-3-2-4-6-13)19-20-16(21)22-11-7-14(18)8-12-22;;/h2-6,14H,7-12,18H2,1H3;2*1H. The molecule has 0 amide bonds. The van der Waals surface area contributed by atoms with E-state index >= 15 is 0 Å². The van der Waals surface area contributed by atoms with Gasteiger partial charge in [0.15, 0.2) is 0 Å². The zero-order valence-corrected chi connectivity index (χ0v) is 15.5. The van der Waals surface area contributed by atoms with Crippen LogP contribution in [0.1, 0.15) is 37.1 Å². The molecule has 1 saturated carbocycles. The first-order chi connectivity index (χ1) is 10.7. The third-order valence-corrected chi connectivity index (χ3v) is 5.18. The number of hydrogen-bond donors (Lipinski definition) is 1. The molecule has 7 heteroatoms. The van der Waals surface area contributed by atoms with Crippen LogP contribution in [0.25, 0.3) is 0 Å². The highest BCUT2D eigenvalue weighted by molar-refractivity contribution is 5.85. The molecule has 2 fully saturated rings. The van der Waals surface area contributed by atoms with Gasteiger partial charge in [-0.25, -0.2) is 0 Å². The van der Waals surface area contributed by atoms with Crippen LogP contribution in [0, 0.1) is 0 Å². The molecule has 132 valence electrons. The highest BCUT2D eigenvalue weighted by atomic mass is 35.5. The predicted octanol–water partition coefficient (Wildman–Crippen LogP) is 2.67. The second kappa shape index (κ2) is 7.30. The minimum atomic E-state index is 0. The summed E-state index contributed by atoms with van der Waals surface area (Å²) in [6.45, 7) is 1.96. The SMILES string of the molecule is Cl.Cl.Cn1c(N2CCC(N)CC2)nnc1C1(c2ccccc2)CC1. The second-order valence-electron chi connectivity index (χ2n) is 6.66. The van der Waals surface area contributed by atoms with Crippen molar-refractivity contribution in [1.82, 2.24) is 14.8 Å². The smallest absolute Gasteiger partial charge is 0.226 e. The first kappa shape index (κ1) is 19.0. The van der Waals surface area contributed by atoms with Crippen molar-refractivity contribution in [3.63, 3.8) is 0 Å². The maximum atomic E-state index is 6.00. The predicted molar refractivity (Wildman–Crippen MR) is 101 cm³/mol. The lowest BCUT2D eigenvalue weighted by atomic mass is 9.95. The maximum Gasteiger partial charge on any atom is 0.226 e. The number of rotatable bonds is 3. The third-order valence-electron chi connectivity index (χ3n) is 5.18. The molecule has 0 atom stereocenters. The van der Waals surface area contributed by atoms with E-state index in [2.05, 4.69) is 57.0 Å². The van der Waals surface area contributed by atoms with Crippen LogP contribution in [0.2, 0.25) is 0 Å². The monoisotopic (exact) mass is 369 g/mol. The third kappa shape index (κ3) is 3.13. The van der Waals surface area contributed by atoms with Gasteiger partial charge < -0.3 is 10.6 Å². The van der Waals surface area contributed by atoms with Gasteiger partial charge in [0.25, 0.3) is 0 Å². The second-order valence-corrected chi connectivity index (χ2v) is 6.66.